The third-order valence-corrected chi connectivity index (χ3v) is 3.36. The third kappa shape index (κ3) is 3.99. The number of hydrogen-bond donors (Lipinski definition) is 1. The first kappa shape index (κ1) is 15.4. The summed E-state index contributed by atoms with van der Waals surface area (Å²) in [5.41, 5.74) is 9.70. The molecule has 1 unspecified atom stereocenters. The maximum absolute atomic E-state index is 6.37. The van der Waals surface area contributed by atoms with Gasteiger partial charge in [0, 0.05) is 19.8 Å². The summed E-state index contributed by atoms with van der Waals surface area (Å²) in [7, 11) is 4.06. The molecule has 1 atom stereocenters. The number of benzene rings is 2. The minimum atomic E-state index is -0.142. The van der Waals surface area contributed by atoms with Gasteiger partial charge in [-0.15, -0.1) is 0 Å². The molecule has 0 heterocycles. The van der Waals surface area contributed by atoms with E-state index in [-0.39, 0.29) is 12.1 Å². The lowest BCUT2D eigenvalue weighted by Gasteiger charge is -2.17. The smallest absolute Gasteiger partial charge is 0.120 e. The monoisotopic (exact) mass is 284 g/mol. The Morgan fingerprint density at radius 2 is 1.62 bits per heavy atom. The predicted octanol–water partition coefficient (Wildman–Crippen LogP) is 3.59. The van der Waals surface area contributed by atoms with Crippen LogP contribution in [0.5, 0.6) is 5.75 Å². The summed E-state index contributed by atoms with van der Waals surface area (Å²) in [6.45, 7) is 4.04. The van der Waals surface area contributed by atoms with E-state index in [1.54, 1.807) is 0 Å². The first-order chi connectivity index (χ1) is 9.97. The molecule has 0 bridgehead atoms. The van der Waals surface area contributed by atoms with Crippen LogP contribution in [0.4, 0.5) is 5.69 Å². The molecule has 0 spiro atoms. The second-order valence-corrected chi connectivity index (χ2v) is 5.70. The molecule has 2 aromatic rings. The normalized spacial score (nSPS) is 12.3. The lowest BCUT2D eigenvalue weighted by molar-refractivity contribution is 0.242. The van der Waals surface area contributed by atoms with Gasteiger partial charge in [-0.3, -0.25) is 0 Å². The molecular formula is C18H24N2O. The number of nitrogens with zero attached hydrogens (tertiary/aromatic N) is 1. The number of hydrogen-bond acceptors (Lipinski definition) is 3. The van der Waals surface area contributed by atoms with E-state index in [0.29, 0.717) is 0 Å². The van der Waals surface area contributed by atoms with E-state index >= 15 is 0 Å². The molecule has 0 aliphatic heterocycles. The molecule has 0 fully saturated rings. The van der Waals surface area contributed by atoms with Crippen LogP contribution in [0.1, 0.15) is 31.0 Å². The van der Waals surface area contributed by atoms with Gasteiger partial charge in [0.25, 0.3) is 0 Å². The first-order valence-electron chi connectivity index (χ1n) is 7.27. The molecule has 2 aromatic carbocycles. The molecule has 0 aliphatic rings. The molecule has 21 heavy (non-hydrogen) atoms. The van der Waals surface area contributed by atoms with Gasteiger partial charge in [0.15, 0.2) is 0 Å². The van der Waals surface area contributed by atoms with Crippen LogP contribution in [0.3, 0.4) is 0 Å². The molecule has 3 heteroatoms. The van der Waals surface area contributed by atoms with Crippen LogP contribution in [0, 0.1) is 0 Å². The molecule has 0 aliphatic carbocycles. The predicted molar refractivity (Wildman–Crippen MR) is 89.0 cm³/mol. The summed E-state index contributed by atoms with van der Waals surface area (Å²) >= 11 is 0. The Bertz CT molecular complexity index is 576. The van der Waals surface area contributed by atoms with Gasteiger partial charge in [0.1, 0.15) is 5.75 Å². The van der Waals surface area contributed by atoms with Crippen molar-refractivity contribution >= 4 is 5.69 Å². The van der Waals surface area contributed by atoms with Crippen LogP contribution >= 0.6 is 0 Å². The van der Waals surface area contributed by atoms with Gasteiger partial charge in [-0.2, -0.15) is 0 Å². The Morgan fingerprint density at radius 3 is 2.19 bits per heavy atom. The summed E-state index contributed by atoms with van der Waals surface area (Å²) in [5.74, 6) is 0.864. The van der Waals surface area contributed by atoms with Crippen molar-refractivity contribution in [2.75, 3.05) is 19.0 Å². The highest BCUT2D eigenvalue weighted by atomic mass is 16.5. The molecular weight excluding hydrogens is 260 g/mol. The van der Waals surface area contributed by atoms with Gasteiger partial charge in [0.05, 0.1) is 12.1 Å². The van der Waals surface area contributed by atoms with Gasteiger partial charge >= 0.3 is 0 Å². The fraction of sp³-hybridized carbons (Fsp3) is 0.333. The molecule has 3 nitrogen and oxygen atoms in total. The van der Waals surface area contributed by atoms with E-state index in [9.17, 15) is 0 Å². The highest BCUT2D eigenvalue weighted by Crippen LogP contribution is 2.25. The average molecular weight is 284 g/mol. The van der Waals surface area contributed by atoms with E-state index in [1.165, 1.54) is 5.69 Å². The second kappa shape index (κ2) is 6.64. The van der Waals surface area contributed by atoms with Crippen LogP contribution in [-0.4, -0.2) is 20.2 Å². The molecule has 0 aromatic heterocycles. The molecule has 2 rings (SSSR count). The molecule has 0 radical (unpaired) electrons. The van der Waals surface area contributed by atoms with E-state index in [1.807, 2.05) is 52.2 Å². The Labute approximate surface area is 127 Å². The Morgan fingerprint density at radius 1 is 0.952 bits per heavy atom. The molecule has 0 saturated carbocycles. The Balaban J connectivity index is 2.20. The van der Waals surface area contributed by atoms with Crippen molar-refractivity contribution in [2.24, 2.45) is 5.73 Å². The standard InChI is InChI=1S/C18H24N2O/c1-13(2)21-17-7-5-6-15(12-17)18(19)14-8-10-16(11-9-14)20(3)4/h5-13,18H,19H2,1-4H3. The summed E-state index contributed by atoms with van der Waals surface area (Å²) in [6, 6.07) is 16.2. The Hall–Kier alpha value is -2.00. The maximum Gasteiger partial charge on any atom is 0.120 e. The Kier molecular flexibility index (Phi) is 4.86. The van der Waals surface area contributed by atoms with Gasteiger partial charge in [0.2, 0.25) is 0 Å². The van der Waals surface area contributed by atoms with Crippen molar-refractivity contribution in [1.29, 1.82) is 0 Å². The van der Waals surface area contributed by atoms with E-state index in [0.717, 1.165) is 16.9 Å². The van der Waals surface area contributed by atoms with E-state index < -0.39 is 0 Å². The lowest BCUT2D eigenvalue weighted by Crippen LogP contribution is -2.13. The number of nitrogens with two attached hydrogens (primary N) is 1. The zero-order valence-electron chi connectivity index (χ0n) is 13.2. The zero-order chi connectivity index (χ0) is 15.4. The molecule has 0 saturated heterocycles. The van der Waals surface area contributed by atoms with Crippen molar-refractivity contribution in [2.45, 2.75) is 26.0 Å². The summed E-state index contributed by atoms with van der Waals surface area (Å²) in [5, 5.41) is 0. The minimum Gasteiger partial charge on any atom is -0.491 e. The van der Waals surface area contributed by atoms with Crippen LogP contribution in [0.15, 0.2) is 48.5 Å². The van der Waals surface area contributed by atoms with E-state index in [4.69, 9.17) is 10.5 Å². The summed E-state index contributed by atoms with van der Waals surface area (Å²) < 4.78 is 5.73. The lowest BCUT2D eigenvalue weighted by atomic mass is 9.99. The fourth-order valence-electron chi connectivity index (χ4n) is 2.23. The SMILES string of the molecule is CC(C)Oc1cccc(C(N)c2ccc(N(C)C)cc2)c1. The van der Waals surface area contributed by atoms with Crippen LogP contribution < -0.4 is 15.4 Å². The first-order valence-corrected chi connectivity index (χ1v) is 7.27. The topological polar surface area (TPSA) is 38.5 Å². The highest BCUT2D eigenvalue weighted by molar-refractivity contribution is 5.48. The van der Waals surface area contributed by atoms with Crippen LogP contribution in [0.25, 0.3) is 0 Å². The molecule has 112 valence electrons. The van der Waals surface area contributed by atoms with Crippen LogP contribution in [-0.2, 0) is 0 Å². The second-order valence-electron chi connectivity index (χ2n) is 5.70. The third-order valence-electron chi connectivity index (χ3n) is 3.36. The minimum absolute atomic E-state index is 0.142. The molecule has 2 N–H and O–H groups in total. The highest BCUT2D eigenvalue weighted by Gasteiger charge is 2.10. The van der Waals surface area contributed by atoms with Crippen molar-refractivity contribution in [1.82, 2.24) is 0 Å². The molecule has 0 amide bonds. The average Bonchev–Trinajstić information content (AvgIpc) is 2.46. The van der Waals surface area contributed by atoms with Gasteiger partial charge < -0.3 is 15.4 Å². The van der Waals surface area contributed by atoms with Gasteiger partial charge in [-0.05, 0) is 49.2 Å². The zero-order valence-corrected chi connectivity index (χ0v) is 13.2. The fourth-order valence-corrected chi connectivity index (χ4v) is 2.23. The quantitative estimate of drug-likeness (QED) is 0.912. The van der Waals surface area contributed by atoms with E-state index in [2.05, 4.69) is 29.2 Å². The maximum atomic E-state index is 6.37. The summed E-state index contributed by atoms with van der Waals surface area (Å²) in [4.78, 5) is 2.08. The number of rotatable bonds is 5. The number of ether oxygens (including phenoxy) is 1. The van der Waals surface area contributed by atoms with Crippen molar-refractivity contribution in [3.05, 3.63) is 59.7 Å². The van der Waals surface area contributed by atoms with Gasteiger partial charge in [-0.25, -0.2) is 0 Å². The summed E-state index contributed by atoms with van der Waals surface area (Å²) in [6.07, 6.45) is 0.163. The van der Waals surface area contributed by atoms with Gasteiger partial charge in [-0.1, -0.05) is 24.3 Å². The van der Waals surface area contributed by atoms with Crippen LogP contribution in [0.2, 0.25) is 0 Å². The van der Waals surface area contributed by atoms with Crippen molar-refractivity contribution in [3.8, 4) is 5.75 Å². The van der Waals surface area contributed by atoms with Crippen molar-refractivity contribution < 1.29 is 4.74 Å². The number of anilines is 1. The largest absolute Gasteiger partial charge is 0.491 e. The van der Waals surface area contributed by atoms with Crippen molar-refractivity contribution in [3.63, 3.8) is 0 Å².